The van der Waals surface area contributed by atoms with Gasteiger partial charge in [0.1, 0.15) is 0 Å². The van der Waals surface area contributed by atoms with Gasteiger partial charge in [-0.25, -0.2) is 0 Å². The van der Waals surface area contributed by atoms with Gasteiger partial charge in [-0.1, -0.05) is 24.1 Å². The first-order chi connectivity index (χ1) is 6.94. The number of nitrogens with one attached hydrogen (secondary N) is 1. The monoisotopic (exact) mass is 201 g/mol. The third-order valence-electron chi connectivity index (χ3n) is 2.67. The molecule has 15 heavy (non-hydrogen) atoms. The minimum absolute atomic E-state index is 0.237. The quantitative estimate of drug-likeness (QED) is 0.741. The molecule has 80 valence electrons. The molecule has 0 aliphatic rings. The summed E-state index contributed by atoms with van der Waals surface area (Å²) in [7, 11) is 0. The average molecular weight is 201 g/mol. The molecule has 1 aromatic carbocycles. The van der Waals surface area contributed by atoms with Crippen LogP contribution in [0, 0.1) is 26.2 Å². The zero-order valence-corrected chi connectivity index (χ0v) is 10.0. The van der Waals surface area contributed by atoms with Crippen LogP contribution in [-0.4, -0.2) is 5.54 Å². The van der Waals surface area contributed by atoms with E-state index >= 15 is 0 Å². The van der Waals surface area contributed by atoms with E-state index in [0.29, 0.717) is 0 Å². The Labute approximate surface area is 92.9 Å². The molecule has 1 aromatic rings. The minimum atomic E-state index is -0.237. The van der Waals surface area contributed by atoms with Gasteiger partial charge >= 0.3 is 0 Å². The van der Waals surface area contributed by atoms with Crippen LogP contribution in [0.4, 0.5) is 0 Å². The van der Waals surface area contributed by atoms with Crippen LogP contribution >= 0.6 is 0 Å². The van der Waals surface area contributed by atoms with Gasteiger partial charge in [0, 0.05) is 6.54 Å². The summed E-state index contributed by atoms with van der Waals surface area (Å²) in [4.78, 5) is 0. The van der Waals surface area contributed by atoms with Crippen LogP contribution in [-0.2, 0) is 6.54 Å². The molecule has 0 atom stereocenters. The maximum absolute atomic E-state index is 5.41. The molecule has 0 fully saturated rings. The highest BCUT2D eigenvalue weighted by Crippen LogP contribution is 2.10. The fraction of sp³-hybridized carbons (Fsp3) is 0.429. The van der Waals surface area contributed by atoms with Gasteiger partial charge in [0.15, 0.2) is 0 Å². The molecule has 0 bridgehead atoms. The van der Waals surface area contributed by atoms with Crippen molar-refractivity contribution in [2.24, 2.45) is 0 Å². The standard InChI is InChI=1S/C14H19N/c1-6-14(4,5)15-10-13-8-7-11(2)12(3)9-13/h1,7-9,15H,10H2,2-5H3. The van der Waals surface area contributed by atoms with Crippen LogP contribution in [0.5, 0.6) is 0 Å². The van der Waals surface area contributed by atoms with Gasteiger partial charge in [0.25, 0.3) is 0 Å². The van der Waals surface area contributed by atoms with E-state index in [1.54, 1.807) is 0 Å². The highest BCUT2D eigenvalue weighted by atomic mass is 14.9. The lowest BCUT2D eigenvalue weighted by Gasteiger charge is -2.19. The molecule has 0 heterocycles. The van der Waals surface area contributed by atoms with Crippen molar-refractivity contribution < 1.29 is 0 Å². The number of terminal acetylenes is 1. The van der Waals surface area contributed by atoms with E-state index < -0.39 is 0 Å². The van der Waals surface area contributed by atoms with Crippen LogP contribution in [0.1, 0.15) is 30.5 Å². The Kier molecular flexibility index (Phi) is 3.55. The van der Waals surface area contributed by atoms with Crippen LogP contribution < -0.4 is 5.32 Å². The van der Waals surface area contributed by atoms with Gasteiger partial charge in [-0.15, -0.1) is 6.42 Å². The van der Waals surface area contributed by atoms with Crippen molar-refractivity contribution in [2.45, 2.75) is 39.8 Å². The Balaban J connectivity index is 2.67. The third-order valence-corrected chi connectivity index (χ3v) is 2.67. The maximum Gasteiger partial charge on any atom is 0.0743 e. The van der Waals surface area contributed by atoms with Crippen molar-refractivity contribution in [3.8, 4) is 12.3 Å². The highest BCUT2D eigenvalue weighted by Gasteiger charge is 2.11. The first-order valence-corrected chi connectivity index (χ1v) is 5.23. The van der Waals surface area contributed by atoms with E-state index in [1.807, 2.05) is 13.8 Å². The largest absolute Gasteiger partial charge is 0.298 e. The molecule has 0 saturated carbocycles. The smallest absolute Gasteiger partial charge is 0.0743 e. The number of aryl methyl sites for hydroxylation is 2. The van der Waals surface area contributed by atoms with E-state index in [1.165, 1.54) is 16.7 Å². The van der Waals surface area contributed by atoms with Gasteiger partial charge in [0.2, 0.25) is 0 Å². The van der Waals surface area contributed by atoms with Crippen molar-refractivity contribution in [1.82, 2.24) is 5.32 Å². The zero-order chi connectivity index (χ0) is 11.5. The van der Waals surface area contributed by atoms with Gasteiger partial charge in [0.05, 0.1) is 5.54 Å². The predicted octanol–water partition coefficient (Wildman–Crippen LogP) is 2.80. The molecule has 1 N–H and O–H groups in total. The van der Waals surface area contributed by atoms with Gasteiger partial charge in [-0.2, -0.15) is 0 Å². The van der Waals surface area contributed by atoms with E-state index in [0.717, 1.165) is 6.54 Å². The minimum Gasteiger partial charge on any atom is -0.298 e. The molecule has 1 rings (SSSR count). The normalized spacial score (nSPS) is 11.1. The van der Waals surface area contributed by atoms with Gasteiger partial charge in [-0.3, -0.25) is 5.32 Å². The fourth-order valence-corrected chi connectivity index (χ4v) is 1.29. The van der Waals surface area contributed by atoms with Crippen molar-refractivity contribution in [2.75, 3.05) is 0 Å². The molecule has 0 amide bonds. The van der Waals surface area contributed by atoms with Crippen LogP contribution in [0.15, 0.2) is 18.2 Å². The van der Waals surface area contributed by atoms with Crippen molar-refractivity contribution in [3.63, 3.8) is 0 Å². The summed E-state index contributed by atoms with van der Waals surface area (Å²) in [5, 5.41) is 3.34. The Morgan fingerprint density at radius 3 is 2.47 bits per heavy atom. The fourth-order valence-electron chi connectivity index (χ4n) is 1.29. The molecule has 0 aliphatic carbocycles. The van der Waals surface area contributed by atoms with E-state index in [2.05, 4.69) is 43.3 Å². The number of benzene rings is 1. The molecule has 0 radical (unpaired) electrons. The van der Waals surface area contributed by atoms with E-state index in [-0.39, 0.29) is 5.54 Å². The second kappa shape index (κ2) is 4.51. The average Bonchev–Trinajstić information content (AvgIpc) is 2.20. The Hall–Kier alpha value is -1.26. The molecule has 0 spiro atoms. The maximum atomic E-state index is 5.41. The SMILES string of the molecule is C#CC(C)(C)NCc1ccc(C)c(C)c1. The van der Waals surface area contributed by atoms with Crippen LogP contribution in [0.3, 0.4) is 0 Å². The van der Waals surface area contributed by atoms with Crippen LogP contribution in [0.25, 0.3) is 0 Å². The van der Waals surface area contributed by atoms with Crippen molar-refractivity contribution >= 4 is 0 Å². The second-order valence-electron chi connectivity index (χ2n) is 4.54. The number of rotatable bonds is 3. The summed E-state index contributed by atoms with van der Waals surface area (Å²) in [6.45, 7) is 9.09. The summed E-state index contributed by atoms with van der Waals surface area (Å²) < 4.78 is 0. The van der Waals surface area contributed by atoms with Gasteiger partial charge in [-0.05, 0) is 44.4 Å². The Morgan fingerprint density at radius 1 is 1.27 bits per heavy atom. The van der Waals surface area contributed by atoms with Crippen LogP contribution in [0.2, 0.25) is 0 Å². The summed E-state index contributed by atoms with van der Waals surface area (Å²) in [6.07, 6.45) is 5.41. The second-order valence-corrected chi connectivity index (χ2v) is 4.54. The Morgan fingerprint density at radius 2 is 1.93 bits per heavy atom. The summed E-state index contributed by atoms with van der Waals surface area (Å²) in [6, 6.07) is 6.49. The topological polar surface area (TPSA) is 12.0 Å². The Bertz CT molecular complexity index is 383. The lowest BCUT2D eigenvalue weighted by Crippen LogP contribution is -2.36. The molecule has 0 aliphatic heterocycles. The summed E-state index contributed by atoms with van der Waals surface area (Å²) in [5.41, 5.74) is 3.70. The van der Waals surface area contributed by atoms with Crippen molar-refractivity contribution in [3.05, 3.63) is 34.9 Å². The van der Waals surface area contributed by atoms with Gasteiger partial charge < -0.3 is 0 Å². The molecular formula is C14H19N. The lowest BCUT2D eigenvalue weighted by molar-refractivity contribution is 0.491. The van der Waals surface area contributed by atoms with E-state index in [4.69, 9.17) is 6.42 Å². The lowest BCUT2D eigenvalue weighted by atomic mass is 10.0. The number of hydrogen-bond donors (Lipinski definition) is 1. The highest BCUT2D eigenvalue weighted by molar-refractivity contribution is 5.30. The third kappa shape index (κ3) is 3.42. The van der Waals surface area contributed by atoms with E-state index in [9.17, 15) is 0 Å². The first-order valence-electron chi connectivity index (χ1n) is 5.23. The molecule has 1 nitrogen and oxygen atoms in total. The molecule has 1 heteroatoms. The number of hydrogen-bond acceptors (Lipinski definition) is 1. The van der Waals surface area contributed by atoms with Crippen molar-refractivity contribution in [1.29, 1.82) is 0 Å². The zero-order valence-electron chi connectivity index (χ0n) is 10.0. The molecule has 0 saturated heterocycles. The summed E-state index contributed by atoms with van der Waals surface area (Å²) >= 11 is 0. The molecular weight excluding hydrogens is 182 g/mol. The first kappa shape index (κ1) is 11.8. The molecule has 0 unspecified atom stereocenters. The summed E-state index contributed by atoms with van der Waals surface area (Å²) in [5.74, 6) is 2.73. The predicted molar refractivity (Wildman–Crippen MR) is 65.7 cm³/mol. The molecule has 0 aromatic heterocycles.